The molecule has 0 saturated carbocycles. The van der Waals surface area contributed by atoms with Gasteiger partial charge in [-0.1, -0.05) is 0 Å². The Balaban J connectivity index is -0.000000350. The molecule has 0 aromatic carbocycles. The highest BCUT2D eigenvalue weighted by Gasteiger charge is 2.12. The van der Waals surface area contributed by atoms with Crippen molar-refractivity contribution < 1.29 is 34.5 Å². The van der Waals surface area contributed by atoms with Crippen LogP contribution in [0.15, 0.2) is 0 Å². The van der Waals surface area contributed by atoms with E-state index in [0.717, 1.165) is 39.0 Å². The average molecular weight is 424 g/mol. The maximum Gasteiger partial charge on any atom is 0.372 e. The van der Waals surface area contributed by atoms with E-state index < -0.39 is 42.6 Å². The highest BCUT2D eigenvalue weighted by Crippen LogP contribution is 1.91. The number of nitrogens with two attached hydrogens (primary N) is 4. The summed E-state index contributed by atoms with van der Waals surface area (Å²) in [6.45, 7) is 4.21. The number of nitrogens with one attached hydrogen (secondary N) is 1. The quantitative estimate of drug-likeness (QED) is 0.108. The molecule has 12 heteroatoms. The third-order valence-corrected chi connectivity index (χ3v) is 3.21. The van der Waals surface area contributed by atoms with Crippen LogP contribution in [0.3, 0.4) is 0 Å². The molecule has 29 heavy (non-hydrogen) atoms. The summed E-state index contributed by atoms with van der Waals surface area (Å²) in [6, 6.07) is -0.742. The zero-order chi connectivity index (χ0) is 23.1. The van der Waals surface area contributed by atoms with E-state index in [0.29, 0.717) is 19.4 Å². The van der Waals surface area contributed by atoms with Crippen molar-refractivity contribution in [2.45, 2.75) is 51.0 Å². The van der Waals surface area contributed by atoms with Gasteiger partial charge in [-0.15, -0.1) is 0 Å². The van der Waals surface area contributed by atoms with E-state index >= 15 is 0 Å². The summed E-state index contributed by atoms with van der Waals surface area (Å²) in [7, 11) is 0. The third-order valence-electron chi connectivity index (χ3n) is 3.21. The summed E-state index contributed by atoms with van der Waals surface area (Å²) in [6.07, 6.45) is 3.65. The Morgan fingerprint density at radius 2 is 1.28 bits per heavy atom. The molecule has 0 aliphatic heterocycles. The van der Waals surface area contributed by atoms with Crippen molar-refractivity contribution in [2.75, 3.05) is 32.7 Å². The Morgan fingerprint density at radius 1 is 0.759 bits per heavy atom. The van der Waals surface area contributed by atoms with Crippen LogP contribution < -0.4 is 28.3 Å². The number of rotatable bonds is 15. The molecule has 0 heterocycles. The van der Waals surface area contributed by atoms with Crippen LogP contribution in [-0.2, 0) is 19.2 Å². The summed E-state index contributed by atoms with van der Waals surface area (Å²) < 4.78 is 0. The molecule has 1 atom stereocenters. The first kappa shape index (κ1) is 31.6. The molecule has 0 unspecified atom stereocenters. The van der Waals surface area contributed by atoms with Crippen LogP contribution in [0.2, 0.25) is 0 Å². The van der Waals surface area contributed by atoms with E-state index in [4.69, 9.17) is 38.3 Å². The van der Waals surface area contributed by atoms with E-state index in [1.807, 2.05) is 0 Å². The zero-order valence-corrected chi connectivity index (χ0v) is 16.8. The zero-order valence-electron chi connectivity index (χ0n) is 16.8. The second-order valence-corrected chi connectivity index (χ2v) is 5.89. The van der Waals surface area contributed by atoms with Crippen molar-refractivity contribution in [3.8, 4) is 0 Å². The first-order valence-corrected chi connectivity index (χ1v) is 9.41. The molecule has 0 bridgehead atoms. The Hall–Kier alpha value is -2.12. The van der Waals surface area contributed by atoms with Crippen LogP contribution in [-0.4, -0.2) is 77.8 Å². The van der Waals surface area contributed by atoms with Crippen molar-refractivity contribution in [3.05, 3.63) is 0 Å². The van der Waals surface area contributed by atoms with Gasteiger partial charge in [0.15, 0.2) is 0 Å². The van der Waals surface area contributed by atoms with Crippen LogP contribution >= 0.6 is 0 Å². The summed E-state index contributed by atoms with van der Waals surface area (Å²) >= 11 is 0. The second kappa shape index (κ2) is 23.9. The molecule has 0 fully saturated rings. The Kier molecular flexibility index (Phi) is 26.0. The van der Waals surface area contributed by atoms with E-state index in [9.17, 15) is 19.2 Å². The lowest BCUT2D eigenvalue weighted by molar-refractivity contribution is -0.149. The standard InChI is InChI=1S/C7H19N3.C5H12N2O2.C5H6O5/c8-4-1-2-6-10-7-3-5-9;6-3-1-2-4(7)5(8)9;6-3(5(9)10)1-2-4(7)8/h10H,1-9H2;4H,1-3,6-7H2,(H,8,9);1-2H2,(H,7,8)(H,9,10)/t;4-;/m.0./s1. The van der Waals surface area contributed by atoms with E-state index in [2.05, 4.69) is 5.32 Å². The molecule has 172 valence electrons. The number of carbonyl (C=O) groups is 4. The highest BCUT2D eigenvalue weighted by molar-refractivity contribution is 6.32. The van der Waals surface area contributed by atoms with Crippen molar-refractivity contribution >= 4 is 23.7 Å². The minimum atomic E-state index is -1.58. The number of hydrogen-bond donors (Lipinski definition) is 8. The van der Waals surface area contributed by atoms with Crippen molar-refractivity contribution in [1.29, 1.82) is 0 Å². The summed E-state index contributed by atoms with van der Waals surface area (Å²) in [4.78, 5) is 39.8. The van der Waals surface area contributed by atoms with Crippen molar-refractivity contribution in [2.24, 2.45) is 22.9 Å². The Bertz CT molecular complexity index is 442. The van der Waals surface area contributed by atoms with Gasteiger partial charge in [-0.05, 0) is 64.8 Å². The minimum absolute atomic E-state index is 0.425. The maximum atomic E-state index is 10.2. The lowest BCUT2D eigenvalue weighted by atomic mass is 10.2. The van der Waals surface area contributed by atoms with Crippen LogP contribution in [0, 0.1) is 0 Å². The second-order valence-electron chi connectivity index (χ2n) is 5.89. The molecule has 0 aromatic rings. The number of hydrogen-bond acceptors (Lipinski definition) is 9. The minimum Gasteiger partial charge on any atom is -0.481 e. The average Bonchev–Trinajstić information content (AvgIpc) is 2.67. The van der Waals surface area contributed by atoms with Gasteiger partial charge in [0, 0.05) is 6.42 Å². The van der Waals surface area contributed by atoms with Gasteiger partial charge in [-0.2, -0.15) is 0 Å². The summed E-state index contributed by atoms with van der Waals surface area (Å²) in [5, 5.41) is 27.5. The largest absolute Gasteiger partial charge is 0.481 e. The number of unbranched alkanes of at least 4 members (excludes halogenated alkanes) is 1. The van der Waals surface area contributed by atoms with Gasteiger partial charge < -0.3 is 43.6 Å². The number of Topliss-reactive ketones (excluding diaryl/α,β-unsaturated/α-hetero) is 1. The molecule has 0 aromatic heterocycles. The predicted octanol–water partition coefficient (Wildman–Crippen LogP) is -1.69. The molecule has 12 N–H and O–H groups in total. The van der Waals surface area contributed by atoms with Crippen molar-refractivity contribution in [1.82, 2.24) is 5.32 Å². The maximum absolute atomic E-state index is 10.2. The normalized spacial score (nSPS) is 10.6. The van der Waals surface area contributed by atoms with E-state index in [-0.39, 0.29) is 0 Å². The van der Waals surface area contributed by atoms with Gasteiger partial charge in [0.2, 0.25) is 5.78 Å². The smallest absolute Gasteiger partial charge is 0.372 e. The van der Waals surface area contributed by atoms with E-state index in [1.165, 1.54) is 6.42 Å². The number of carboxylic acids is 3. The fourth-order valence-corrected chi connectivity index (χ4v) is 1.54. The molecule has 0 aliphatic carbocycles. The third kappa shape index (κ3) is 30.8. The van der Waals surface area contributed by atoms with Crippen LogP contribution in [0.25, 0.3) is 0 Å². The first-order valence-electron chi connectivity index (χ1n) is 9.41. The number of carbonyl (C=O) groups excluding carboxylic acids is 1. The molecular weight excluding hydrogens is 386 g/mol. The van der Waals surface area contributed by atoms with Gasteiger partial charge in [0.05, 0.1) is 6.42 Å². The molecular formula is C17H37N5O7. The van der Waals surface area contributed by atoms with Crippen LogP contribution in [0.5, 0.6) is 0 Å². The number of carboxylic acid groups (broad SMARTS) is 3. The molecule has 0 aliphatic rings. The lowest BCUT2D eigenvalue weighted by Gasteiger charge is -2.02. The predicted molar refractivity (Wildman–Crippen MR) is 108 cm³/mol. The number of aliphatic carboxylic acids is 3. The Labute approximate surface area is 171 Å². The molecule has 0 spiro atoms. The first-order chi connectivity index (χ1) is 13.6. The fourth-order valence-electron chi connectivity index (χ4n) is 1.54. The fraction of sp³-hybridized carbons (Fsp3) is 0.765. The number of ketones is 1. The molecule has 0 saturated heterocycles. The van der Waals surface area contributed by atoms with E-state index in [1.54, 1.807) is 0 Å². The van der Waals surface area contributed by atoms with Gasteiger partial charge in [-0.3, -0.25) is 14.4 Å². The summed E-state index contributed by atoms with van der Waals surface area (Å²) in [5.74, 6) is -4.78. The van der Waals surface area contributed by atoms with Gasteiger partial charge in [-0.25, -0.2) is 4.79 Å². The topological polar surface area (TPSA) is 245 Å². The Morgan fingerprint density at radius 3 is 1.69 bits per heavy atom. The highest BCUT2D eigenvalue weighted by atomic mass is 16.4. The van der Waals surface area contributed by atoms with Crippen LogP contribution in [0.4, 0.5) is 0 Å². The molecule has 0 rings (SSSR count). The molecule has 0 amide bonds. The van der Waals surface area contributed by atoms with Gasteiger partial charge in [0.1, 0.15) is 6.04 Å². The van der Waals surface area contributed by atoms with Gasteiger partial charge >= 0.3 is 17.9 Å². The lowest BCUT2D eigenvalue weighted by Crippen LogP contribution is -2.30. The monoisotopic (exact) mass is 423 g/mol. The van der Waals surface area contributed by atoms with Crippen LogP contribution in [0.1, 0.15) is 44.9 Å². The SMILES string of the molecule is NCCCCNCCCN.NCCC[C@H](N)C(=O)O.O=C(O)CCC(=O)C(=O)O. The van der Waals surface area contributed by atoms with Crippen molar-refractivity contribution in [3.63, 3.8) is 0 Å². The van der Waals surface area contributed by atoms with Gasteiger partial charge in [0.25, 0.3) is 0 Å². The summed E-state index contributed by atoms with van der Waals surface area (Å²) in [5.41, 5.74) is 20.9. The molecule has 12 nitrogen and oxygen atoms in total. The molecule has 0 radical (unpaired) electrons.